The van der Waals surface area contributed by atoms with Gasteiger partial charge in [0.1, 0.15) is 5.82 Å². The molecule has 1 saturated heterocycles. The third-order valence-electron chi connectivity index (χ3n) is 7.53. The van der Waals surface area contributed by atoms with Gasteiger partial charge in [0.15, 0.2) is 5.82 Å². The summed E-state index contributed by atoms with van der Waals surface area (Å²) in [5, 5.41) is 0. The van der Waals surface area contributed by atoms with E-state index in [0.29, 0.717) is 5.91 Å². The highest BCUT2D eigenvalue weighted by molar-refractivity contribution is 5.79. The third kappa shape index (κ3) is 5.39. The second-order valence-electron chi connectivity index (χ2n) is 10.1. The number of carbonyl (C=O) groups is 1. The minimum absolute atomic E-state index is 0.234. The quantitative estimate of drug-likeness (QED) is 0.490. The van der Waals surface area contributed by atoms with Gasteiger partial charge in [-0.3, -0.25) is 4.79 Å². The molecule has 5 heteroatoms. The number of hydrogen-bond donors (Lipinski definition) is 0. The van der Waals surface area contributed by atoms with E-state index in [0.717, 1.165) is 68.3 Å². The number of amides is 1. The molecular formula is C30H36N4O. The van der Waals surface area contributed by atoms with Gasteiger partial charge >= 0.3 is 0 Å². The molecule has 0 atom stereocenters. The van der Waals surface area contributed by atoms with Crippen LogP contribution in [0.25, 0.3) is 11.4 Å². The maximum Gasteiger partial charge on any atom is 0.225 e. The van der Waals surface area contributed by atoms with E-state index >= 15 is 0 Å². The molecule has 2 aromatic carbocycles. The molecule has 0 bridgehead atoms. The van der Waals surface area contributed by atoms with E-state index in [2.05, 4.69) is 60.0 Å². The zero-order valence-corrected chi connectivity index (χ0v) is 21.0. The van der Waals surface area contributed by atoms with Crippen LogP contribution in [-0.4, -0.2) is 47.0 Å². The SMILES string of the molecule is Cc1cccc(Cc2c(C)nc(-c3ccccc3)nc2N2CCN(C(=O)C3CCCCC3)CC2)c1. The molecule has 0 unspecified atom stereocenters. The van der Waals surface area contributed by atoms with Gasteiger partial charge in [-0.1, -0.05) is 79.4 Å². The van der Waals surface area contributed by atoms with Crippen LogP contribution >= 0.6 is 0 Å². The fourth-order valence-corrected chi connectivity index (χ4v) is 5.54. The maximum absolute atomic E-state index is 13.1. The highest BCUT2D eigenvalue weighted by atomic mass is 16.2. The summed E-state index contributed by atoms with van der Waals surface area (Å²) in [5.74, 6) is 2.39. The first kappa shape index (κ1) is 23.5. The first-order chi connectivity index (χ1) is 17.1. The van der Waals surface area contributed by atoms with Crippen molar-refractivity contribution in [3.05, 3.63) is 77.0 Å². The van der Waals surface area contributed by atoms with Gasteiger partial charge in [-0.15, -0.1) is 0 Å². The van der Waals surface area contributed by atoms with E-state index in [1.54, 1.807) is 0 Å². The Labute approximate surface area is 209 Å². The summed E-state index contributed by atoms with van der Waals surface area (Å²) >= 11 is 0. The molecule has 3 aromatic rings. The standard InChI is InChI=1S/C30H36N4O/c1-22-10-9-11-24(20-22)21-27-23(2)31-28(25-12-5-3-6-13-25)32-29(27)33-16-18-34(19-17-33)30(35)26-14-7-4-8-15-26/h3,5-6,9-13,20,26H,4,7-8,14-19,21H2,1-2H3. The normalized spacial score (nSPS) is 17.0. The van der Waals surface area contributed by atoms with Gasteiger partial charge in [-0.25, -0.2) is 9.97 Å². The van der Waals surface area contributed by atoms with Crippen LogP contribution in [0.2, 0.25) is 0 Å². The van der Waals surface area contributed by atoms with E-state index in [9.17, 15) is 4.79 Å². The van der Waals surface area contributed by atoms with Crippen molar-refractivity contribution in [2.45, 2.75) is 52.4 Å². The highest BCUT2D eigenvalue weighted by Crippen LogP contribution is 2.30. The number of rotatable bonds is 5. The summed E-state index contributed by atoms with van der Waals surface area (Å²) in [6.07, 6.45) is 6.59. The predicted octanol–water partition coefficient (Wildman–Crippen LogP) is 5.58. The largest absolute Gasteiger partial charge is 0.353 e. The van der Waals surface area contributed by atoms with Crippen LogP contribution in [0, 0.1) is 19.8 Å². The molecule has 2 heterocycles. The first-order valence-corrected chi connectivity index (χ1v) is 13.1. The van der Waals surface area contributed by atoms with Gasteiger partial charge in [-0.2, -0.15) is 0 Å². The molecule has 5 rings (SSSR count). The molecule has 35 heavy (non-hydrogen) atoms. The van der Waals surface area contributed by atoms with E-state index in [-0.39, 0.29) is 5.92 Å². The van der Waals surface area contributed by atoms with E-state index in [1.165, 1.54) is 36.0 Å². The average Bonchev–Trinajstić information content (AvgIpc) is 2.90. The van der Waals surface area contributed by atoms with Crippen molar-refractivity contribution >= 4 is 11.7 Å². The Bertz CT molecular complexity index is 1160. The third-order valence-corrected chi connectivity index (χ3v) is 7.53. The fourth-order valence-electron chi connectivity index (χ4n) is 5.54. The molecule has 0 radical (unpaired) electrons. The summed E-state index contributed by atoms with van der Waals surface area (Å²) in [7, 11) is 0. The molecule has 0 spiro atoms. The second kappa shape index (κ2) is 10.6. The summed E-state index contributed by atoms with van der Waals surface area (Å²) < 4.78 is 0. The number of aromatic nitrogens is 2. The van der Waals surface area contributed by atoms with Crippen LogP contribution in [0.15, 0.2) is 54.6 Å². The number of nitrogens with zero attached hydrogens (tertiary/aromatic N) is 4. The molecule has 2 aliphatic rings. The van der Waals surface area contributed by atoms with Gasteiger partial charge in [0.05, 0.1) is 0 Å². The van der Waals surface area contributed by atoms with Gasteiger partial charge < -0.3 is 9.80 Å². The topological polar surface area (TPSA) is 49.3 Å². The van der Waals surface area contributed by atoms with Gasteiger partial charge in [0.25, 0.3) is 0 Å². The molecule has 1 saturated carbocycles. The van der Waals surface area contributed by atoms with Gasteiger partial charge in [0.2, 0.25) is 5.91 Å². The van der Waals surface area contributed by atoms with Crippen LogP contribution in [0.1, 0.15) is 54.5 Å². The van der Waals surface area contributed by atoms with Crippen LogP contribution in [0.4, 0.5) is 5.82 Å². The van der Waals surface area contributed by atoms with Crippen molar-refractivity contribution in [3.8, 4) is 11.4 Å². The lowest BCUT2D eigenvalue weighted by molar-refractivity contribution is -0.136. The lowest BCUT2D eigenvalue weighted by Crippen LogP contribution is -2.51. The molecule has 182 valence electrons. The minimum Gasteiger partial charge on any atom is -0.353 e. The monoisotopic (exact) mass is 468 g/mol. The minimum atomic E-state index is 0.234. The van der Waals surface area contributed by atoms with Crippen LogP contribution in [-0.2, 0) is 11.2 Å². The first-order valence-electron chi connectivity index (χ1n) is 13.1. The summed E-state index contributed by atoms with van der Waals surface area (Å²) in [6.45, 7) is 7.39. The molecule has 1 aliphatic carbocycles. The highest BCUT2D eigenvalue weighted by Gasteiger charge is 2.30. The van der Waals surface area contributed by atoms with Crippen molar-refractivity contribution in [2.24, 2.45) is 5.92 Å². The number of piperazine rings is 1. The van der Waals surface area contributed by atoms with Gasteiger partial charge in [-0.05, 0) is 32.3 Å². The Kier molecular flexibility index (Phi) is 7.12. The fraction of sp³-hybridized carbons (Fsp3) is 0.433. The molecule has 1 amide bonds. The molecule has 2 fully saturated rings. The van der Waals surface area contributed by atoms with Crippen LogP contribution in [0.5, 0.6) is 0 Å². The zero-order valence-electron chi connectivity index (χ0n) is 21.0. The van der Waals surface area contributed by atoms with E-state index in [1.807, 2.05) is 18.2 Å². The molecular weight excluding hydrogens is 432 g/mol. The smallest absolute Gasteiger partial charge is 0.225 e. The van der Waals surface area contributed by atoms with Crippen molar-refractivity contribution in [2.75, 3.05) is 31.1 Å². The van der Waals surface area contributed by atoms with Crippen molar-refractivity contribution in [3.63, 3.8) is 0 Å². The predicted molar refractivity (Wildman–Crippen MR) is 142 cm³/mol. The summed E-state index contributed by atoms with van der Waals surface area (Å²) in [4.78, 5) is 27.6. The Hall–Kier alpha value is -3.21. The van der Waals surface area contributed by atoms with Crippen molar-refractivity contribution in [1.82, 2.24) is 14.9 Å². The Balaban J connectivity index is 1.42. The second-order valence-corrected chi connectivity index (χ2v) is 10.1. The van der Waals surface area contributed by atoms with E-state index in [4.69, 9.17) is 9.97 Å². The van der Waals surface area contributed by atoms with Crippen LogP contribution < -0.4 is 4.90 Å². The zero-order chi connectivity index (χ0) is 24.2. The van der Waals surface area contributed by atoms with Gasteiger partial charge in [0, 0.05) is 55.3 Å². The lowest BCUT2D eigenvalue weighted by atomic mass is 9.88. The summed E-state index contributed by atoms with van der Waals surface area (Å²) in [6, 6.07) is 18.9. The maximum atomic E-state index is 13.1. The van der Waals surface area contributed by atoms with Crippen LogP contribution in [0.3, 0.4) is 0 Å². The Morgan fingerprint density at radius 2 is 1.63 bits per heavy atom. The Morgan fingerprint density at radius 3 is 2.34 bits per heavy atom. The van der Waals surface area contributed by atoms with E-state index < -0.39 is 0 Å². The van der Waals surface area contributed by atoms with Crippen molar-refractivity contribution in [1.29, 1.82) is 0 Å². The number of hydrogen-bond acceptors (Lipinski definition) is 4. The average molecular weight is 469 g/mol. The summed E-state index contributed by atoms with van der Waals surface area (Å²) in [5.41, 5.74) is 5.78. The van der Waals surface area contributed by atoms with Crippen molar-refractivity contribution < 1.29 is 4.79 Å². The number of aryl methyl sites for hydroxylation is 2. The molecule has 1 aromatic heterocycles. The number of carbonyl (C=O) groups excluding carboxylic acids is 1. The number of benzene rings is 2. The molecule has 0 N–H and O–H groups in total. The molecule has 1 aliphatic heterocycles. The Morgan fingerprint density at radius 1 is 0.886 bits per heavy atom. The lowest BCUT2D eigenvalue weighted by Gasteiger charge is -2.38. The number of anilines is 1. The molecule has 5 nitrogen and oxygen atoms in total.